The lowest BCUT2D eigenvalue weighted by molar-refractivity contribution is -0.164. The maximum absolute atomic E-state index is 11.2. The zero-order valence-electron chi connectivity index (χ0n) is 11.5. The van der Waals surface area contributed by atoms with Gasteiger partial charge in [-0.1, -0.05) is 0 Å². The predicted molar refractivity (Wildman–Crippen MR) is 68.3 cm³/mol. The fourth-order valence-corrected chi connectivity index (χ4v) is 1.81. The highest BCUT2D eigenvalue weighted by Gasteiger charge is 2.14. The van der Waals surface area contributed by atoms with E-state index >= 15 is 0 Å². The summed E-state index contributed by atoms with van der Waals surface area (Å²) in [6.45, 7) is 5.23. The van der Waals surface area contributed by atoms with Crippen LogP contribution in [-0.2, 0) is 19.0 Å². The van der Waals surface area contributed by atoms with Gasteiger partial charge in [-0.15, -0.1) is 0 Å². The van der Waals surface area contributed by atoms with Crippen LogP contribution in [0, 0.1) is 0 Å². The summed E-state index contributed by atoms with van der Waals surface area (Å²) in [7, 11) is 1.98. The van der Waals surface area contributed by atoms with Gasteiger partial charge in [0.25, 0.3) is 0 Å². The number of hydrogen-bond acceptors (Lipinski definition) is 5. The van der Waals surface area contributed by atoms with Crippen LogP contribution in [-0.4, -0.2) is 57.1 Å². The van der Waals surface area contributed by atoms with E-state index in [2.05, 4.69) is 4.90 Å². The molecule has 1 atom stereocenters. The number of nitrogens with zero attached hydrogens (tertiary/aromatic N) is 1. The quantitative estimate of drug-likeness (QED) is 0.617. The molecule has 0 aromatic rings. The number of ether oxygens (including phenoxy) is 3. The van der Waals surface area contributed by atoms with Crippen molar-refractivity contribution in [3.8, 4) is 0 Å². The monoisotopic (exact) mass is 259 g/mol. The molecule has 1 rings (SSSR count). The maximum atomic E-state index is 11.2. The summed E-state index contributed by atoms with van der Waals surface area (Å²) < 4.78 is 16.0. The minimum Gasteiger partial charge on any atom is -0.466 e. The van der Waals surface area contributed by atoms with Crippen molar-refractivity contribution in [2.45, 2.75) is 38.9 Å². The Labute approximate surface area is 109 Å². The van der Waals surface area contributed by atoms with Crippen LogP contribution in [0.15, 0.2) is 0 Å². The summed E-state index contributed by atoms with van der Waals surface area (Å²) in [5.41, 5.74) is 0. The average Bonchev–Trinajstić information content (AvgIpc) is 2.38. The topological polar surface area (TPSA) is 48.0 Å². The van der Waals surface area contributed by atoms with E-state index in [1.54, 1.807) is 0 Å². The zero-order valence-corrected chi connectivity index (χ0v) is 11.5. The van der Waals surface area contributed by atoms with Gasteiger partial charge in [-0.3, -0.25) is 4.79 Å². The van der Waals surface area contributed by atoms with Crippen molar-refractivity contribution in [3.05, 3.63) is 0 Å². The van der Waals surface area contributed by atoms with Crippen molar-refractivity contribution >= 4 is 5.97 Å². The lowest BCUT2D eigenvalue weighted by Gasteiger charge is -2.24. The first-order chi connectivity index (χ1) is 8.72. The van der Waals surface area contributed by atoms with Crippen LogP contribution in [0.3, 0.4) is 0 Å². The van der Waals surface area contributed by atoms with Gasteiger partial charge in [0.05, 0.1) is 19.6 Å². The summed E-state index contributed by atoms with van der Waals surface area (Å²) >= 11 is 0. The molecule has 5 heteroatoms. The lowest BCUT2D eigenvalue weighted by Crippen LogP contribution is -2.30. The molecule has 0 saturated carbocycles. The fraction of sp³-hybridized carbons (Fsp3) is 0.923. The van der Waals surface area contributed by atoms with E-state index in [0.29, 0.717) is 26.2 Å². The second kappa shape index (κ2) is 9.30. The number of likely N-dealkylation sites (N-methyl/N-ethyl adjacent to an activating group) is 1. The van der Waals surface area contributed by atoms with Gasteiger partial charge in [0.2, 0.25) is 0 Å². The van der Waals surface area contributed by atoms with Crippen LogP contribution in [0.2, 0.25) is 0 Å². The van der Waals surface area contributed by atoms with Crippen molar-refractivity contribution < 1.29 is 19.0 Å². The number of carbonyl (C=O) groups is 1. The Morgan fingerprint density at radius 3 is 2.89 bits per heavy atom. The molecule has 0 bridgehead atoms. The molecule has 0 amide bonds. The van der Waals surface area contributed by atoms with E-state index in [4.69, 9.17) is 14.2 Å². The molecule has 0 radical (unpaired) electrons. The van der Waals surface area contributed by atoms with E-state index in [-0.39, 0.29) is 12.3 Å². The highest BCUT2D eigenvalue weighted by Crippen LogP contribution is 2.13. The first kappa shape index (κ1) is 15.4. The molecule has 18 heavy (non-hydrogen) atoms. The largest absolute Gasteiger partial charge is 0.466 e. The summed E-state index contributed by atoms with van der Waals surface area (Å²) in [6.07, 6.45) is 3.72. The maximum Gasteiger partial charge on any atom is 0.307 e. The second-order valence-electron chi connectivity index (χ2n) is 4.53. The first-order valence-corrected chi connectivity index (χ1v) is 6.79. The number of esters is 1. The third kappa shape index (κ3) is 6.93. The van der Waals surface area contributed by atoms with Gasteiger partial charge < -0.3 is 19.1 Å². The molecule has 0 aromatic heterocycles. The van der Waals surface area contributed by atoms with Gasteiger partial charge in [-0.25, -0.2) is 0 Å². The molecule has 1 saturated heterocycles. The van der Waals surface area contributed by atoms with Crippen LogP contribution in [0.1, 0.15) is 32.6 Å². The SMILES string of the molecule is CCOC(=O)CCN(C)CCOC1CCCCO1. The van der Waals surface area contributed by atoms with Crippen molar-refractivity contribution in [2.75, 3.05) is 40.0 Å². The van der Waals surface area contributed by atoms with Crippen LogP contribution >= 0.6 is 0 Å². The Balaban J connectivity index is 1.98. The van der Waals surface area contributed by atoms with Gasteiger partial charge in [0.1, 0.15) is 0 Å². The minimum absolute atomic E-state index is 0.0304. The summed E-state index contributed by atoms with van der Waals surface area (Å²) in [4.78, 5) is 13.2. The van der Waals surface area contributed by atoms with Crippen molar-refractivity contribution in [1.82, 2.24) is 4.90 Å². The molecule has 5 nitrogen and oxygen atoms in total. The molecule has 0 spiro atoms. The highest BCUT2D eigenvalue weighted by molar-refractivity contribution is 5.69. The number of carbonyl (C=O) groups excluding carboxylic acids is 1. The molecule has 106 valence electrons. The third-order valence-electron chi connectivity index (χ3n) is 2.92. The van der Waals surface area contributed by atoms with Gasteiger partial charge in [0, 0.05) is 19.7 Å². The van der Waals surface area contributed by atoms with E-state index in [1.165, 1.54) is 6.42 Å². The summed E-state index contributed by atoms with van der Waals surface area (Å²) in [5.74, 6) is -0.138. The normalized spacial score (nSPS) is 20.1. The molecule has 0 aromatic carbocycles. The Hall–Kier alpha value is -0.650. The Morgan fingerprint density at radius 1 is 1.39 bits per heavy atom. The Bertz CT molecular complexity index is 229. The van der Waals surface area contributed by atoms with E-state index < -0.39 is 0 Å². The zero-order chi connectivity index (χ0) is 13.2. The van der Waals surface area contributed by atoms with Crippen molar-refractivity contribution in [2.24, 2.45) is 0 Å². The molecular weight excluding hydrogens is 234 g/mol. The van der Waals surface area contributed by atoms with Gasteiger partial charge in [-0.05, 0) is 33.2 Å². The van der Waals surface area contributed by atoms with E-state index in [1.807, 2.05) is 14.0 Å². The van der Waals surface area contributed by atoms with E-state index in [9.17, 15) is 4.79 Å². The molecule has 1 aliphatic heterocycles. The predicted octanol–water partition coefficient (Wildman–Crippen LogP) is 1.41. The smallest absolute Gasteiger partial charge is 0.307 e. The standard InChI is InChI=1S/C13H25NO4/c1-3-16-12(15)7-8-14(2)9-11-18-13-6-4-5-10-17-13/h13H,3-11H2,1-2H3. The van der Waals surface area contributed by atoms with Crippen LogP contribution < -0.4 is 0 Å². The third-order valence-corrected chi connectivity index (χ3v) is 2.92. The molecule has 1 fully saturated rings. The average molecular weight is 259 g/mol. The van der Waals surface area contributed by atoms with Crippen LogP contribution in [0.5, 0.6) is 0 Å². The molecular formula is C13H25NO4. The minimum atomic E-state index is -0.138. The summed E-state index contributed by atoms with van der Waals surface area (Å²) in [5, 5.41) is 0. The molecule has 0 aliphatic carbocycles. The summed E-state index contributed by atoms with van der Waals surface area (Å²) in [6, 6.07) is 0. The highest BCUT2D eigenvalue weighted by atomic mass is 16.7. The molecule has 1 heterocycles. The van der Waals surface area contributed by atoms with Gasteiger partial charge in [-0.2, -0.15) is 0 Å². The lowest BCUT2D eigenvalue weighted by atomic mass is 10.2. The van der Waals surface area contributed by atoms with Gasteiger partial charge in [0.15, 0.2) is 6.29 Å². The van der Waals surface area contributed by atoms with Crippen LogP contribution in [0.4, 0.5) is 0 Å². The Morgan fingerprint density at radius 2 is 2.22 bits per heavy atom. The first-order valence-electron chi connectivity index (χ1n) is 6.79. The van der Waals surface area contributed by atoms with Gasteiger partial charge >= 0.3 is 5.97 Å². The molecule has 1 aliphatic rings. The Kier molecular flexibility index (Phi) is 7.96. The fourth-order valence-electron chi connectivity index (χ4n) is 1.81. The number of hydrogen-bond donors (Lipinski definition) is 0. The second-order valence-corrected chi connectivity index (χ2v) is 4.53. The van der Waals surface area contributed by atoms with Crippen LogP contribution in [0.25, 0.3) is 0 Å². The molecule has 0 N–H and O–H groups in total. The van der Waals surface area contributed by atoms with E-state index in [0.717, 1.165) is 26.0 Å². The number of rotatable bonds is 8. The molecule has 1 unspecified atom stereocenters. The van der Waals surface area contributed by atoms with Crippen molar-refractivity contribution in [3.63, 3.8) is 0 Å². The van der Waals surface area contributed by atoms with Crippen molar-refractivity contribution in [1.29, 1.82) is 0 Å².